The molecule has 0 aliphatic carbocycles. The maximum absolute atomic E-state index is 12.6. The molecule has 3 heterocycles. The first-order chi connectivity index (χ1) is 13.4. The van der Waals surface area contributed by atoms with Gasteiger partial charge in [-0.1, -0.05) is 15.9 Å². The maximum atomic E-state index is 12.6. The van der Waals surface area contributed by atoms with Crippen molar-refractivity contribution in [3.8, 4) is 5.75 Å². The highest BCUT2D eigenvalue weighted by atomic mass is 79.9. The third-order valence-electron chi connectivity index (χ3n) is 4.98. The lowest BCUT2D eigenvalue weighted by atomic mass is 10.0. The molecule has 1 amide bonds. The van der Waals surface area contributed by atoms with Gasteiger partial charge in [0.1, 0.15) is 9.96 Å². The van der Waals surface area contributed by atoms with E-state index in [2.05, 4.69) is 21.2 Å². The summed E-state index contributed by atoms with van der Waals surface area (Å²) in [6, 6.07) is 9.01. The van der Waals surface area contributed by atoms with Crippen LogP contribution in [0.4, 0.5) is 0 Å². The molecule has 1 fully saturated rings. The summed E-state index contributed by atoms with van der Waals surface area (Å²) in [5.41, 5.74) is 0.956. The number of rotatable bonds is 5. The summed E-state index contributed by atoms with van der Waals surface area (Å²) in [4.78, 5) is 13.3. The normalized spacial score (nSPS) is 19.8. The molecule has 1 aromatic carbocycles. The first-order valence-electron chi connectivity index (χ1n) is 9.24. The van der Waals surface area contributed by atoms with Gasteiger partial charge in [-0.25, -0.2) is 8.42 Å². The minimum atomic E-state index is -3.43. The molecule has 2 aliphatic heterocycles. The molecule has 1 aromatic heterocycles. The van der Waals surface area contributed by atoms with Gasteiger partial charge in [-0.3, -0.25) is 4.79 Å². The molecule has 150 valence electrons. The van der Waals surface area contributed by atoms with Gasteiger partial charge in [0.05, 0.1) is 19.1 Å². The number of nitrogens with one attached hydrogen (secondary N) is 1. The van der Waals surface area contributed by atoms with Crippen LogP contribution in [0.2, 0.25) is 0 Å². The summed E-state index contributed by atoms with van der Waals surface area (Å²) < 4.78 is 33.7. The lowest BCUT2D eigenvalue weighted by Gasteiger charge is -2.27. The van der Waals surface area contributed by atoms with Crippen molar-refractivity contribution in [2.24, 2.45) is 0 Å². The number of sulfonamides is 1. The molecule has 6 nitrogen and oxygen atoms in total. The molecule has 4 rings (SSSR count). The average Bonchev–Trinajstić information content (AvgIpc) is 3.34. The summed E-state index contributed by atoms with van der Waals surface area (Å²) in [7, 11) is -3.43. The fourth-order valence-corrected chi connectivity index (χ4v) is 6.97. The number of halogens is 1. The first-order valence-corrected chi connectivity index (χ1v) is 12.3. The van der Waals surface area contributed by atoms with Gasteiger partial charge in [-0.2, -0.15) is 4.31 Å². The van der Waals surface area contributed by atoms with E-state index in [4.69, 9.17) is 4.74 Å². The number of amides is 1. The highest BCUT2D eigenvalue weighted by molar-refractivity contribution is 9.10. The Balaban J connectivity index is 1.43. The number of hydrogen-bond donors (Lipinski definition) is 1. The largest absolute Gasteiger partial charge is 0.493 e. The lowest BCUT2D eigenvalue weighted by Crippen LogP contribution is -2.33. The molecular formula is C19H21BrN2O4S2. The van der Waals surface area contributed by atoms with E-state index in [1.54, 1.807) is 12.1 Å². The van der Waals surface area contributed by atoms with Crippen molar-refractivity contribution in [3.63, 3.8) is 0 Å². The molecule has 0 spiro atoms. The average molecular weight is 485 g/mol. The van der Waals surface area contributed by atoms with Crippen molar-refractivity contribution < 1.29 is 17.9 Å². The monoisotopic (exact) mass is 484 g/mol. The topological polar surface area (TPSA) is 75.7 Å². The molecule has 28 heavy (non-hydrogen) atoms. The Labute approximate surface area is 177 Å². The van der Waals surface area contributed by atoms with Crippen molar-refractivity contribution in [1.29, 1.82) is 0 Å². The summed E-state index contributed by atoms with van der Waals surface area (Å²) in [6.45, 7) is 1.71. The van der Waals surface area contributed by atoms with Gasteiger partial charge in [0, 0.05) is 34.4 Å². The molecule has 1 N–H and O–H groups in total. The number of thiophene rings is 1. The van der Waals surface area contributed by atoms with E-state index in [9.17, 15) is 13.2 Å². The Kier molecular flexibility index (Phi) is 5.78. The summed E-state index contributed by atoms with van der Waals surface area (Å²) in [5.74, 6) is 0.666. The van der Waals surface area contributed by atoms with Gasteiger partial charge >= 0.3 is 0 Å². The van der Waals surface area contributed by atoms with E-state index < -0.39 is 10.0 Å². The van der Waals surface area contributed by atoms with Crippen LogP contribution >= 0.6 is 27.3 Å². The first kappa shape index (κ1) is 19.9. The van der Waals surface area contributed by atoms with Crippen LogP contribution in [0.1, 0.15) is 35.7 Å². The second-order valence-electron chi connectivity index (χ2n) is 6.95. The Morgan fingerprint density at radius 1 is 1.25 bits per heavy atom. The number of hydrogen-bond acceptors (Lipinski definition) is 5. The number of carbonyl (C=O) groups is 1. The molecule has 1 saturated heterocycles. The third-order valence-corrected chi connectivity index (χ3v) is 8.92. The van der Waals surface area contributed by atoms with E-state index in [0.29, 0.717) is 30.3 Å². The summed E-state index contributed by atoms with van der Waals surface area (Å²) >= 11 is 4.64. The van der Waals surface area contributed by atoms with Crippen LogP contribution in [0.15, 0.2) is 39.0 Å². The summed E-state index contributed by atoms with van der Waals surface area (Å²) in [6.07, 6.45) is 2.68. The zero-order valence-electron chi connectivity index (χ0n) is 15.2. The lowest BCUT2D eigenvalue weighted by molar-refractivity contribution is -0.121. The number of nitrogens with zero attached hydrogens (tertiary/aromatic N) is 1. The molecule has 9 heteroatoms. The van der Waals surface area contributed by atoms with Crippen LogP contribution in [-0.4, -0.2) is 38.3 Å². The Bertz CT molecular complexity index is 984. The summed E-state index contributed by atoms with van der Waals surface area (Å²) in [5, 5.41) is 3.06. The number of ether oxygens (including phenoxy) is 1. The second-order valence-corrected chi connectivity index (χ2v) is 11.2. The van der Waals surface area contributed by atoms with E-state index in [1.165, 1.54) is 15.6 Å². The predicted octanol–water partition coefficient (Wildman–Crippen LogP) is 3.48. The number of carbonyl (C=O) groups excluding carboxylic acids is 1. The quantitative estimate of drug-likeness (QED) is 0.704. The molecule has 1 atom stereocenters. The van der Waals surface area contributed by atoms with E-state index in [0.717, 1.165) is 33.5 Å². The zero-order chi connectivity index (χ0) is 19.7. The number of benzene rings is 1. The van der Waals surface area contributed by atoms with Crippen molar-refractivity contribution >= 4 is 43.2 Å². The Morgan fingerprint density at radius 2 is 2.04 bits per heavy atom. The molecule has 2 aromatic rings. The molecule has 2 aliphatic rings. The van der Waals surface area contributed by atoms with Gasteiger partial charge in [0.15, 0.2) is 0 Å². The Morgan fingerprint density at radius 3 is 2.82 bits per heavy atom. The van der Waals surface area contributed by atoms with E-state index in [1.807, 2.05) is 18.2 Å². The van der Waals surface area contributed by atoms with Crippen molar-refractivity contribution in [1.82, 2.24) is 9.62 Å². The van der Waals surface area contributed by atoms with Crippen LogP contribution in [0.5, 0.6) is 5.75 Å². The van der Waals surface area contributed by atoms with Gasteiger partial charge in [0.2, 0.25) is 5.91 Å². The van der Waals surface area contributed by atoms with Crippen molar-refractivity contribution in [2.45, 2.75) is 35.9 Å². The molecule has 0 bridgehead atoms. The van der Waals surface area contributed by atoms with Crippen molar-refractivity contribution in [3.05, 3.63) is 45.2 Å². The van der Waals surface area contributed by atoms with E-state index in [-0.39, 0.29) is 18.4 Å². The smallest absolute Gasteiger partial charge is 0.252 e. The maximum Gasteiger partial charge on any atom is 0.252 e. The molecular weight excluding hydrogens is 464 g/mol. The fraction of sp³-hybridized carbons (Fsp3) is 0.421. The Hall–Kier alpha value is -1.42. The fourth-order valence-electron chi connectivity index (χ4n) is 3.57. The van der Waals surface area contributed by atoms with Gasteiger partial charge in [-0.05, 0) is 43.2 Å². The van der Waals surface area contributed by atoms with Gasteiger partial charge in [-0.15, -0.1) is 11.3 Å². The van der Waals surface area contributed by atoms with E-state index >= 15 is 0 Å². The molecule has 0 saturated carbocycles. The second kappa shape index (κ2) is 8.14. The van der Waals surface area contributed by atoms with Gasteiger partial charge in [0.25, 0.3) is 10.0 Å². The highest BCUT2D eigenvalue weighted by Crippen LogP contribution is 2.34. The SMILES string of the molecule is O=C(Cc1ccc(S(=O)(=O)N2CCCC2)s1)NC1CCOc2ccc(Br)cc21. The minimum absolute atomic E-state index is 0.110. The van der Waals surface area contributed by atoms with Crippen LogP contribution in [0, 0.1) is 0 Å². The van der Waals surface area contributed by atoms with Crippen LogP contribution in [-0.2, 0) is 21.2 Å². The zero-order valence-corrected chi connectivity index (χ0v) is 18.4. The standard InChI is InChI=1S/C19H21BrN2O4S2/c20-13-3-5-17-15(11-13)16(7-10-26-17)21-18(23)12-14-4-6-19(27-14)28(24,25)22-8-1-2-9-22/h3-6,11,16H,1-2,7-10,12H2,(H,21,23). The number of fused-ring (bicyclic) bond motifs is 1. The minimum Gasteiger partial charge on any atom is -0.493 e. The van der Waals surface area contributed by atoms with Crippen LogP contribution < -0.4 is 10.1 Å². The molecule has 1 unspecified atom stereocenters. The highest BCUT2D eigenvalue weighted by Gasteiger charge is 2.29. The predicted molar refractivity (Wildman–Crippen MR) is 111 cm³/mol. The third kappa shape index (κ3) is 4.12. The molecule has 0 radical (unpaired) electrons. The van der Waals surface area contributed by atoms with Crippen molar-refractivity contribution in [2.75, 3.05) is 19.7 Å². The van der Waals surface area contributed by atoms with Gasteiger partial charge < -0.3 is 10.1 Å². The van der Waals surface area contributed by atoms with Crippen LogP contribution in [0.3, 0.4) is 0 Å². The van der Waals surface area contributed by atoms with Crippen LogP contribution in [0.25, 0.3) is 0 Å².